The summed E-state index contributed by atoms with van der Waals surface area (Å²) in [5.41, 5.74) is 6.00. The Labute approximate surface area is 149 Å². The van der Waals surface area contributed by atoms with Gasteiger partial charge >= 0.3 is 17.9 Å². The minimum Gasteiger partial charge on any atom is -0.481 e. The quantitative estimate of drug-likeness (QED) is 0.356. The highest BCUT2D eigenvalue weighted by Gasteiger charge is 2.48. The van der Waals surface area contributed by atoms with E-state index in [-0.39, 0.29) is 19.3 Å². The van der Waals surface area contributed by atoms with E-state index in [1.54, 1.807) is 0 Å². The molecule has 5 N–H and O–H groups in total. The van der Waals surface area contributed by atoms with E-state index in [0.29, 0.717) is 0 Å². The Bertz CT molecular complexity index is 539. The Morgan fingerprint density at radius 2 is 1.65 bits per heavy atom. The van der Waals surface area contributed by atoms with Gasteiger partial charge in [0.1, 0.15) is 12.3 Å². The smallest absolute Gasteiger partial charge is 0.303 e. The molecule has 1 fully saturated rings. The lowest BCUT2D eigenvalue weighted by Gasteiger charge is -2.43. The first kappa shape index (κ1) is 21.8. The molecule has 0 radical (unpaired) electrons. The molecule has 11 nitrogen and oxygen atoms in total. The fourth-order valence-corrected chi connectivity index (χ4v) is 2.54. The maximum atomic E-state index is 11.9. The fraction of sp³-hybridized carbons (Fsp3) is 0.733. The van der Waals surface area contributed by atoms with Gasteiger partial charge in [0.2, 0.25) is 5.91 Å². The van der Waals surface area contributed by atoms with Gasteiger partial charge in [0.15, 0.2) is 12.2 Å². The van der Waals surface area contributed by atoms with E-state index in [2.05, 4.69) is 5.32 Å². The van der Waals surface area contributed by atoms with E-state index in [0.717, 1.165) is 13.8 Å². The number of hydrogen-bond acceptors (Lipinski definition) is 9. The number of carboxylic acid groups (broad SMARTS) is 1. The Hall–Kier alpha value is -2.24. The van der Waals surface area contributed by atoms with E-state index in [1.165, 1.54) is 0 Å². The largest absolute Gasteiger partial charge is 0.481 e. The number of aliphatic hydroxyl groups excluding tert-OH is 1. The van der Waals surface area contributed by atoms with Crippen molar-refractivity contribution in [3.8, 4) is 0 Å². The number of nitrogens with two attached hydrogens (primary N) is 1. The third-order valence-electron chi connectivity index (χ3n) is 3.62. The molecule has 1 rings (SSSR count). The zero-order valence-corrected chi connectivity index (χ0v) is 14.5. The molecule has 0 aromatic carbocycles. The second-order valence-corrected chi connectivity index (χ2v) is 5.82. The summed E-state index contributed by atoms with van der Waals surface area (Å²) >= 11 is 0. The second-order valence-electron chi connectivity index (χ2n) is 5.82. The number of carboxylic acids is 1. The number of amides is 1. The molecule has 0 bridgehead atoms. The number of hydrogen-bond donors (Lipinski definition) is 4. The van der Waals surface area contributed by atoms with Crippen molar-refractivity contribution in [2.24, 2.45) is 5.73 Å². The number of aliphatic carboxylic acids is 1. The van der Waals surface area contributed by atoms with Gasteiger partial charge in [0.05, 0.1) is 12.6 Å². The summed E-state index contributed by atoms with van der Waals surface area (Å²) in [6.45, 7) is 1.70. The van der Waals surface area contributed by atoms with Crippen LogP contribution in [0.1, 0.15) is 33.1 Å². The SMILES string of the molecule is CC(=O)OC1C(CO)OC(NC(=O)CCCC(=O)O)C(N)C1OC(C)=O. The molecule has 0 aliphatic carbocycles. The van der Waals surface area contributed by atoms with Crippen molar-refractivity contribution < 1.29 is 43.6 Å². The highest BCUT2D eigenvalue weighted by atomic mass is 16.6. The second kappa shape index (κ2) is 10.0. The molecule has 0 aromatic rings. The van der Waals surface area contributed by atoms with E-state index < -0.39 is 61.0 Å². The number of ether oxygens (including phenoxy) is 3. The van der Waals surface area contributed by atoms with Gasteiger partial charge in [-0.1, -0.05) is 0 Å². The van der Waals surface area contributed by atoms with Crippen molar-refractivity contribution in [2.45, 2.75) is 63.7 Å². The van der Waals surface area contributed by atoms with Crippen molar-refractivity contribution in [3.63, 3.8) is 0 Å². The summed E-state index contributed by atoms with van der Waals surface area (Å²) < 4.78 is 15.7. The van der Waals surface area contributed by atoms with Crippen LogP contribution >= 0.6 is 0 Å². The number of carbonyl (C=O) groups excluding carboxylic acids is 3. The summed E-state index contributed by atoms with van der Waals surface area (Å²) in [5.74, 6) is -2.91. The normalized spacial score (nSPS) is 28.1. The maximum absolute atomic E-state index is 11.9. The van der Waals surface area contributed by atoms with Crippen molar-refractivity contribution in [2.75, 3.05) is 6.61 Å². The fourth-order valence-electron chi connectivity index (χ4n) is 2.54. The summed E-state index contributed by atoms with van der Waals surface area (Å²) in [4.78, 5) is 45.0. The maximum Gasteiger partial charge on any atom is 0.303 e. The molecule has 0 spiro atoms. The van der Waals surface area contributed by atoms with Gasteiger partial charge < -0.3 is 35.5 Å². The number of carbonyl (C=O) groups is 4. The molecule has 148 valence electrons. The predicted molar refractivity (Wildman–Crippen MR) is 84.5 cm³/mol. The van der Waals surface area contributed by atoms with E-state index in [9.17, 15) is 24.3 Å². The van der Waals surface area contributed by atoms with Crippen LogP contribution in [0.5, 0.6) is 0 Å². The molecular formula is C15H24N2O9. The molecule has 1 aliphatic heterocycles. The van der Waals surface area contributed by atoms with E-state index in [1.807, 2.05) is 0 Å². The average molecular weight is 376 g/mol. The monoisotopic (exact) mass is 376 g/mol. The van der Waals surface area contributed by atoms with E-state index >= 15 is 0 Å². The van der Waals surface area contributed by atoms with Crippen molar-refractivity contribution in [3.05, 3.63) is 0 Å². The van der Waals surface area contributed by atoms with Crippen LogP contribution in [-0.2, 0) is 33.4 Å². The first-order valence-electron chi connectivity index (χ1n) is 8.03. The molecule has 0 saturated carbocycles. The van der Waals surface area contributed by atoms with Crippen LogP contribution in [0.2, 0.25) is 0 Å². The lowest BCUT2D eigenvalue weighted by molar-refractivity contribution is -0.222. The van der Waals surface area contributed by atoms with Crippen LogP contribution in [0.3, 0.4) is 0 Å². The average Bonchev–Trinajstić information content (AvgIpc) is 2.52. The molecule has 1 saturated heterocycles. The molecule has 26 heavy (non-hydrogen) atoms. The highest BCUT2D eigenvalue weighted by Crippen LogP contribution is 2.24. The predicted octanol–water partition coefficient (Wildman–Crippen LogP) is -1.73. The van der Waals surface area contributed by atoms with E-state index in [4.69, 9.17) is 25.1 Å². The first-order chi connectivity index (χ1) is 12.1. The van der Waals surface area contributed by atoms with Gasteiger partial charge in [-0.25, -0.2) is 0 Å². The summed E-state index contributed by atoms with van der Waals surface area (Å²) in [7, 11) is 0. The van der Waals surface area contributed by atoms with Crippen molar-refractivity contribution in [1.29, 1.82) is 0 Å². The Morgan fingerprint density at radius 3 is 2.15 bits per heavy atom. The third-order valence-corrected chi connectivity index (χ3v) is 3.62. The van der Waals surface area contributed by atoms with Gasteiger partial charge in [-0.05, 0) is 6.42 Å². The van der Waals surface area contributed by atoms with Crippen LogP contribution in [0.25, 0.3) is 0 Å². The summed E-state index contributed by atoms with van der Waals surface area (Å²) in [6, 6.07) is -1.07. The third kappa shape index (κ3) is 6.58. The van der Waals surface area contributed by atoms with Crippen LogP contribution in [-0.4, -0.2) is 71.2 Å². The van der Waals surface area contributed by atoms with Crippen LogP contribution in [0, 0.1) is 0 Å². The molecule has 1 aliphatic rings. The minimum atomic E-state index is -1.15. The highest BCUT2D eigenvalue weighted by molar-refractivity contribution is 5.77. The number of esters is 2. The molecule has 1 heterocycles. The Morgan fingerprint density at radius 1 is 1.08 bits per heavy atom. The van der Waals surface area contributed by atoms with Crippen molar-refractivity contribution in [1.82, 2.24) is 5.32 Å². The number of aliphatic hydroxyl groups is 1. The van der Waals surface area contributed by atoms with Crippen LogP contribution < -0.4 is 11.1 Å². The van der Waals surface area contributed by atoms with Crippen molar-refractivity contribution >= 4 is 23.8 Å². The summed E-state index contributed by atoms with van der Waals surface area (Å²) in [6.07, 6.45) is -4.62. The zero-order chi connectivity index (χ0) is 19.9. The summed E-state index contributed by atoms with van der Waals surface area (Å²) in [5, 5.41) is 20.5. The molecule has 11 heteroatoms. The molecular weight excluding hydrogens is 352 g/mol. The lowest BCUT2D eigenvalue weighted by atomic mass is 9.96. The molecule has 1 amide bonds. The molecule has 5 atom stereocenters. The standard InChI is InChI=1S/C15H24N2O9/c1-7(19)24-13-9(6-18)26-15(12(16)14(13)25-8(2)20)17-10(21)4-3-5-11(22)23/h9,12-15,18H,3-6,16H2,1-2H3,(H,17,21)(H,22,23). The Kier molecular flexibility index (Phi) is 8.42. The Balaban J connectivity index is 2.84. The topological polar surface area (TPSA) is 174 Å². The van der Waals surface area contributed by atoms with Gasteiger partial charge in [-0.15, -0.1) is 0 Å². The molecule has 0 aromatic heterocycles. The van der Waals surface area contributed by atoms with Gasteiger partial charge in [-0.3, -0.25) is 19.2 Å². The minimum absolute atomic E-state index is 0.0751. The van der Waals surface area contributed by atoms with Gasteiger partial charge in [0, 0.05) is 26.7 Å². The van der Waals surface area contributed by atoms with Crippen LogP contribution in [0.15, 0.2) is 0 Å². The van der Waals surface area contributed by atoms with Crippen LogP contribution in [0.4, 0.5) is 0 Å². The van der Waals surface area contributed by atoms with Gasteiger partial charge in [-0.2, -0.15) is 0 Å². The zero-order valence-electron chi connectivity index (χ0n) is 14.5. The number of nitrogens with one attached hydrogen (secondary N) is 1. The lowest BCUT2D eigenvalue weighted by Crippen LogP contribution is -2.67. The molecule has 5 unspecified atom stereocenters. The first-order valence-corrected chi connectivity index (χ1v) is 8.03. The number of rotatable bonds is 8. The van der Waals surface area contributed by atoms with Gasteiger partial charge in [0.25, 0.3) is 0 Å².